The topological polar surface area (TPSA) is 85.2 Å². The highest BCUT2D eigenvalue weighted by Crippen LogP contribution is 2.28. The van der Waals surface area contributed by atoms with Gasteiger partial charge in [0, 0.05) is 37.8 Å². The SMILES string of the molecule is O=C(NCCCOCC1CC1)C(=O)Nc1cccc(Cn2cccn2)c1. The lowest BCUT2D eigenvalue weighted by Crippen LogP contribution is -2.36. The number of nitrogens with one attached hydrogen (secondary N) is 2. The third-order valence-electron chi connectivity index (χ3n) is 4.10. The fraction of sp³-hybridized carbons (Fsp3) is 0.421. The van der Waals surface area contributed by atoms with E-state index in [9.17, 15) is 9.59 Å². The van der Waals surface area contributed by atoms with E-state index in [0.717, 1.165) is 18.1 Å². The maximum atomic E-state index is 12.0. The Morgan fingerprint density at radius 1 is 1.23 bits per heavy atom. The Hall–Kier alpha value is -2.67. The number of carbonyl (C=O) groups is 2. The lowest BCUT2D eigenvalue weighted by molar-refractivity contribution is -0.136. The molecule has 2 N–H and O–H groups in total. The fourth-order valence-electron chi connectivity index (χ4n) is 2.51. The van der Waals surface area contributed by atoms with Crippen molar-refractivity contribution in [2.75, 3.05) is 25.1 Å². The van der Waals surface area contributed by atoms with Crippen molar-refractivity contribution in [2.24, 2.45) is 5.92 Å². The highest BCUT2D eigenvalue weighted by molar-refractivity contribution is 6.39. The fourth-order valence-corrected chi connectivity index (χ4v) is 2.51. The zero-order chi connectivity index (χ0) is 18.2. The summed E-state index contributed by atoms with van der Waals surface area (Å²) < 4.78 is 7.28. The Bertz CT molecular complexity index is 726. The van der Waals surface area contributed by atoms with Crippen LogP contribution in [-0.4, -0.2) is 41.4 Å². The highest BCUT2D eigenvalue weighted by atomic mass is 16.5. The normalized spacial score (nSPS) is 13.4. The molecule has 1 aromatic heterocycles. The second kappa shape index (κ2) is 9.15. The number of aromatic nitrogens is 2. The van der Waals surface area contributed by atoms with E-state index in [1.165, 1.54) is 12.8 Å². The van der Waals surface area contributed by atoms with Crippen molar-refractivity contribution < 1.29 is 14.3 Å². The van der Waals surface area contributed by atoms with Gasteiger partial charge in [0.05, 0.1) is 6.54 Å². The van der Waals surface area contributed by atoms with Gasteiger partial charge in [0.1, 0.15) is 0 Å². The summed E-state index contributed by atoms with van der Waals surface area (Å²) >= 11 is 0. The Morgan fingerprint density at radius 3 is 2.88 bits per heavy atom. The summed E-state index contributed by atoms with van der Waals surface area (Å²) in [6.45, 7) is 2.44. The number of anilines is 1. The van der Waals surface area contributed by atoms with E-state index in [1.807, 2.05) is 30.5 Å². The van der Waals surface area contributed by atoms with E-state index in [2.05, 4.69) is 15.7 Å². The number of benzene rings is 1. The molecule has 7 heteroatoms. The van der Waals surface area contributed by atoms with Crippen LogP contribution in [0, 0.1) is 5.92 Å². The van der Waals surface area contributed by atoms with Gasteiger partial charge >= 0.3 is 11.8 Å². The van der Waals surface area contributed by atoms with Crippen molar-refractivity contribution in [2.45, 2.75) is 25.8 Å². The van der Waals surface area contributed by atoms with Crippen LogP contribution in [0.1, 0.15) is 24.8 Å². The Kier molecular flexibility index (Phi) is 6.38. The third kappa shape index (κ3) is 6.00. The van der Waals surface area contributed by atoms with Gasteiger partial charge in [-0.15, -0.1) is 0 Å². The number of hydrogen-bond acceptors (Lipinski definition) is 4. The van der Waals surface area contributed by atoms with Crippen molar-refractivity contribution in [3.8, 4) is 0 Å². The first-order valence-electron chi connectivity index (χ1n) is 8.94. The summed E-state index contributed by atoms with van der Waals surface area (Å²) in [7, 11) is 0. The van der Waals surface area contributed by atoms with Crippen LogP contribution in [-0.2, 0) is 20.9 Å². The summed E-state index contributed by atoms with van der Waals surface area (Å²) in [5, 5.41) is 9.39. The zero-order valence-corrected chi connectivity index (χ0v) is 14.7. The first-order valence-corrected chi connectivity index (χ1v) is 8.94. The molecule has 1 saturated carbocycles. The van der Waals surface area contributed by atoms with Crippen LogP contribution in [0.5, 0.6) is 0 Å². The molecule has 0 saturated heterocycles. The molecule has 1 heterocycles. The van der Waals surface area contributed by atoms with E-state index in [1.54, 1.807) is 16.9 Å². The first kappa shape index (κ1) is 18.1. The Balaban J connectivity index is 1.38. The van der Waals surface area contributed by atoms with Crippen molar-refractivity contribution in [3.63, 3.8) is 0 Å². The van der Waals surface area contributed by atoms with Gasteiger partial charge in [-0.2, -0.15) is 5.10 Å². The second-order valence-corrected chi connectivity index (χ2v) is 6.49. The maximum absolute atomic E-state index is 12.0. The van der Waals surface area contributed by atoms with E-state index in [0.29, 0.717) is 31.8 Å². The molecule has 1 fully saturated rings. The van der Waals surface area contributed by atoms with E-state index < -0.39 is 11.8 Å². The van der Waals surface area contributed by atoms with Crippen LogP contribution in [0.3, 0.4) is 0 Å². The molecule has 0 unspecified atom stereocenters. The van der Waals surface area contributed by atoms with E-state index in [4.69, 9.17) is 4.74 Å². The Labute approximate surface area is 152 Å². The largest absolute Gasteiger partial charge is 0.381 e. The maximum Gasteiger partial charge on any atom is 0.313 e. The second-order valence-electron chi connectivity index (χ2n) is 6.49. The van der Waals surface area contributed by atoms with E-state index in [-0.39, 0.29) is 0 Å². The average Bonchev–Trinajstić information content (AvgIpc) is 3.32. The van der Waals surface area contributed by atoms with Crippen LogP contribution < -0.4 is 10.6 Å². The van der Waals surface area contributed by atoms with Gasteiger partial charge in [-0.25, -0.2) is 0 Å². The van der Waals surface area contributed by atoms with Crippen molar-refractivity contribution in [1.82, 2.24) is 15.1 Å². The molecule has 0 spiro atoms. The van der Waals surface area contributed by atoms with Crippen LogP contribution in [0.15, 0.2) is 42.7 Å². The molecule has 0 radical (unpaired) electrons. The molecule has 138 valence electrons. The van der Waals surface area contributed by atoms with Gasteiger partial charge in [-0.1, -0.05) is 12.1 Å². The summed E-state index contributed by atoms with van der Waals surface area (Å²) in [5.41, 5.74) is 1.57. The molecule has 3 rings (SSSR count). The van der Waals surface area contributed by atoms with E-state index >= 15 is 0 Å². The number of hydrogen-bond donors (Lipinski definition) is 2. The standard InChI is InChI=1S/C19H24N4O3/c24-18(20-8-3-11-26-14-15-6-7-15)19(25)22-17-5-1-4-16(12-17)13-23-10-2-9-21-23/h1-2,4-5,9-10,12,15H,3,6-8,11,13-14H2,(H,20,24)(H,22,25). The van der Waals surface area contributed by atoms with Crippen molar-refractivity contribution in [1.29, 1.82) is 0 Å². The van der Waals surface area contributed by atoms with Crippen molar-refractivity contribution in [3.05, 3.63) is 48.3 Å². The van der Waals surface area contributed by atoms with Crippen molar-refractivity contribution >= 4 is 17.5 Å². The van der Waals surface area contributed by atoms with Crippen LogP contribution in [0.4, 0.5) is 5.69 Å². The average molecular weight is 356 g/mol. The number of ether oxygens (including phenoxy) is 1. The summed E-state index contributed by atoms with van der Waals surface area (Å²) in [6, 6.07) is 9.22. The number of nitrogens with zero attached hydrogens (tertiary/aromatic N) is 2. The summed E-state index contributed by atoms with van der Waals surface area (Å²) in [4.78, 5) is 23.8. The summed E-state index contributed by atoms with van der Waals surface area (Å²) in [5.74, 6) is -0.566. The molecule has 1 aliphatic carbocycles. The first-order chi connectivity index (χ1) is 12.7. The van der Waals surface area contributed by atoms with Gasteiger partial charge in [0.25, 0.3) is 0 Å². The molecule has 7 nitrogen and oxygen atoms in total. The van der Waals surface area contributed by atoms with Gasteiger partial charge in [-0.3, -0.25) is 14.3 Å². The molecule has 1 aromatic carbocycles. The Morgan fingerprint density at radius 2 is 2.12 bits per heavy atom. The molecule has 26 heavy (non-hydrogen) atoms. The molecule has 2 amide bonds. The van der Waals surface area contributed by atoms with Gasteiger partial charge in [0.2, 0.25) is 0 Å². The number of rotatable bonds is 9. The minimum Gasteiger partial charge on any atom is -0.381 e. The lowest BCUT2D eigenvalue weighted by atomic mass is 10.2. The minimum absolute atomic E-state index is 0.427. The summed E-state index contributed by atoms with van der Waals surface area (Å²) in [6.07, 6.45) is 6.81. The predicted octanol–water partition coefficient (Wildman–Crippen LogP) is 1.80. The van der Waals surface area contributed by atoms with Gasteiger partial charge in [-0.05, 0) is 48.9 Å². The van der Waals surface area contributed by atoms with Crippen LogP contribution in [0.2, 0.25) is 0 Å². The zero-order valence-electron chi connectivity index (χ0n) is 14.7. The highest BCUT2D eigenvalue weighted by Gasteiger charge is 2.20. The third-order valence-corrected chi connectivity index (χ3v) is 4.10. The molecule has 1 aliphatic rings. The van der Waals surface area contributed by atoms with Gasteiger partial charge in [0.15, 0.2) is 0 Å². The quantitative estimate of drug-likeness (QED) is 0.530. The molecule has 0 atom stereocenters. The molecule has 2 aromatic rings. The molecule has 0 aliphatic heterocycles. The predicted molar refractivity (Wildman–Crippen MR) is 97.6 cm³/mol. The van der Waals surface area contributed by atoms with Gasteiger partial charge < -0.3 is 15.4 Å². The molecule has 0 bridgehead atoms. The van der Waals surface area contributed by atoms with Crippen LogP contribution >= 0.6 is 0 Å². The minimum atomic E-state index is -0.667. The number of carbonyl (C=O) groups excluding carboxylic acids is 2. The smallest absolute Gasteiger partial charge is 0.313 e. The lowest BCUT2D eigenvalue weighted by Gasteiger charge is -2.08. The number of amides is 2. The monoisotopic (exact) mass is 356 g/mol. The molecular formula is C19H24N4O3. The molecular weight excluding hydrogens is 332 g/mol. The van der Waals surface area contributed by atoms with Crippen LogP contribution in [0.25, 0.3) is 0 Å².